The Morgan fingerprint density at radius 1 is 1.50 bits per heavy atom. The maximum atomic E-state index is 11.2. The van der Waals surface area contributed by atoms with Crippen LogP contribution >= 0.6 is 27.3 Å². The van der Waals surface area contributed by atoms with Gasteiger partial charge in [-0.25, -0.2) is 0 Å². The summed E-state index contributed by atoms with van der Waals surface area (Å²) in [5, 5.41) is 2.08. The third-order valence-corrected chi connectivity index (χ3v) is 4.07. The predicted octanol–water partition coefficient (Wildman–Crippen LogP) is 4.20. The van der Waals surface area contributed by atoms with Crippen LogP contribution in [0.15, 0.2) is 15.9 Å². The van der Waals surface area contributed by atoms with Gasteiger partial charge in [-0.2, -0.15) is 0 Å². The second-order valence-electron chi connectivity index (χ2n) is 3.33. The Kier molecular flexibility index (Phi) is 5.41. The lowest BCUT2D eigenvalue weighted by molar-refractivity contribution is -0.119. The Morgan fingerprint density at radius 3 is 2.86 bits per heavy atom. The third-order valence-electron chi connectivity index (χ3n) is 2.08. The molecule has 0 aliphatic heterocycles. The number of aryl methyl sites for hydroxylation is 1. The molecule has 0 unspecified atom stereocenters. The van der Waals surface area contributed by atoms with Crippen LogP contribution in [0.25, 0.3) is 0 Å². The number of ketones is 1. The van der Waals surface area contributed by atoms with Crippen molar-refractivity contribution in [3.63, 3.8) is 0 Å². The molecular formula is C11H15BrOS. The number of carbonyl (C=O) groups is 1. The van der Waals surface area contributed by atoms with Crippen LogP contribution in [0.5, 0.6) is 0 Å². The number of carbonyl (C=O) groups excluding carboxylic acids is 1. The van der Waals surface area contributed by atoms with Crippen LogP contribution in [-0.4, -0.2) is 5.78 Å². The number of halogens is 1. The molecular weight excluding hydrogens is 260 g/mol. The molecule has 0 N–H and O–H groups in total. The minimum Gasteiger partial charge on any atom is -0.300 e. The van der Waals surface area contributed by atoms with E-state index in [1.807, 2.05) is 6.92 Å². The molecule has 0 saturated heterocycles. The van der Waals surface area contributed by atoms with Crippen molar-refractivity contribution in [1.82, 2.24) is 0 Å². The molecule has 0 radical (unpaired) electrons. The quantitative estimate of drug-likeness (QED) is 0.760. The Bertz CT molecular complexity index is 293. The lowest BCUT2D eigenvalue weighted by atomic mass is 10.1. The molecule has 3 heteroatoms. The summed E-state index contributed by atoms with van der Waals surface area (Å²) in [6.45, 7) is 2.05. The number of Topliss-reactive ketones (excluding diaryl/α,β-unsaturated/α-hetero) is 1. The van der Waals surface area contributed by atoms with Gasteiger partial charge in [-0.05, 0) is 46.6 Å². The van der Waals surface area contributed by atoms with Crippen LogP contribution in [-0.2, 0) is 11.2 Å². The summed E-state index contributed by atoms with van der Waals surface area (Å²) in [6.07, 6.45) is 4.46. The SMILES string of the molecule is CCCC(=O)CCCc1sccc1Br. The van der Waals surface area contributed by atoms with Gasteiger partial charge in [0.25, 0.3) is 0 Å². The van der Waals surface area contributed by atoms with Gasteiger partial charge in [0.05, 0.1) is 0 Å². The summed E-state index contributed by atoms with van der Waals surface area (Å²) in [5.41, 5.74) is 0. The van der Waals surface area contributed by atoms with E-state index in [0.29, 0.717) is 5.78 Å². The average Bonchev–Trinajstić information content (AvgIpc) is 2.52. The van der Waals surface area contributed by atoms with E-state index in [1.54, 1.807) is 11.3 Å². The maximum absolute atomic E-state index is 11.2. The zero-order valence-corrected chi connectivity index (χ0v) is 10.8. The first-order valence-electron chi connectivity index (χ1n) is 4.97. The van der Waals surface area contributed by atoms with E-state index in [4.69, 9.17) is 0 Å². The molecule has 1 rings (SSSR count). The minimum atomic E-state index is 0.403. The molecule has 0 amide bonds. The first kappa shape index (κ1) is 11.9. The Hall–Kier alpha value is -0.150. The van der Waals surface area contributed by atoms with Crippen molar-refractivity contribution in [3.8, 4) is 0 Å². The molecule has 14 heavy (non-hydrogen) atoms. The largest absolute Gasteiger partial charge is 0.300 e. The van der Waals surface area contributed by atoms with Gasteiger partial charge in [0.1, 0.15) is 5.78 Å². The molecule has 1 heterocycles. The summed E-state index contributed by atoms with van der Waals surface area (Å²) in [5.74, 6) is 0.403. The normalized spacial score (nSPS) is 10.4. The van der Waals surface area contributed by atoms with Gasteiger partial charge in [-0.3, -0.25) is 4.79 Å². The van der Waals surface area contributed by atoms with Gasteiger partial charge < -0.3 is 0 Å². The second-order valence-corrected chi connectivity index (χ2v) is 5.19. The summed E-state index contributed by atoms with van der Waals surface area (Å²) in [4.78, 5) is 12.6. The van der Waals surface area contributed by atoms with Crippen LogP contribution in [0.1, 0.15) is 37.5 Å². The van der Waals surface area contributed by atoms with Crippen molar-refractivity contribution in [2.75, 3.05) is 0 Å². The molecule has 0 aromatic carbocycles. The fourth-order valence-corrected chi connectivity index (χ4v) is 2.95. The van der Waals surface area contributed by atoms with Crippen molar-refractivity contribution < 1.29 is 4.79 Å². The summed E-state index contributed by atoms with van der Waals surface area (Å²) >= 11 is 5.25. The van der Waals surface area contributed by atoms with Crippen molar-refractivity contribution in [2.45, 2.75) is 39.0 Å². The van der Waals surface area contributed by atoms with Crippen molar-refractivity contribution in [1.29, 1.82) is 0 Å². The number of rotatable bonds is 6. The zero-order valence-electron chi connectivity index (χ0n) is 8.38. The van der Waals surface area contributed by atoms with E-state index in [1.165, 1.54) is 9.35 Å². The fourth-order valence-electron chi connectivity index (χ4n) is 1.35. The standard InChI is InChI=1S/C11H15BrOS/c1-2-4-9(13)5-3-6-11-10(12)7-8-14-11/h7-8H,2-6H2,1H3. The molecule has 78 valence electrons. The van der Waals surface area contributed by atoms with E-state index in [-0.39, 0.29) is 0 Å². The Labute approximate surface area is 97.7 Å². The molecule has 0 spiro atoms. The highest BCUT2D eigenvalue weighted by atomic mass is 79.9. The van der Waals surface area contributed by atoms with Crippen LogP contribution in [0.2, 0.25) is 0 Å². The molecule has 0 atom stereocenters. The molecule has 1 aromatic rings. The van der Waals surface area contributed by atoms with Gasteiger partial charge in [0.2, 0.25) is 0 Å². The summed E-state index contributed by atoms with van der Waals surface area (Å²) in [7, 11) is 0. The van der Waals surface area contributed by atoms with E-state index in [9.17, 15) is 4.79 Å². The van der Waals surface area contributed by atoms with Gasteiger partial charge in [0, 0.05) is 22.2 Å². The summed E-state index contributed by atoms with van der Waals surface area (Å²) in [6, 6.07) is 2.06. The monoisotopic (exact) mass is 274 g/mol. The van der Waals surface area contributed by atoms with Crippen LogP contribution < -0.4 is 0 Å². The highest BCUT2D eigenvalue weighted by molar-refractivity contribution is 9.10. The van der Waals surface area contributed by atoms with Gasteiger partial charge in [-0.15, -0.1) is 11.3 Å². The molecule has 0 aliphatic rings. The van der Waals surface area contributed by atoms with Gasteiger partial charge >= 0.3 is 0 Å². The third kappa shape index (κ3) is 3.93. The lowest BCUT2D eigenvalue weighted by Crippen LogP contribution is -1.97. The van der Waals surface area contributed by atoms with E-state index in [2.05, 4.69) is 27.4 Å². The molecule has 0 saturated carbocycles. The summed E-state index contributed by atoms with van der Waals surface area (Å²) < 4.78 is 1.19. The highest BCUT2D eigenvalue weighted by Gasteiger charge is 2.03. The zero-order chi connectivity index (χ0) is 10.4. The van der Waals surface area contributed by atoms with Crippen molar-refractivity contribution in [2.24, 2.45) is 0 Å². The molecule has 1 nitrogen and oxygen atoms in total. The van der Waals surface area contributed by atoms with Gasteiger partial charge in [0.15, 0.2) is 0 Å². The first-order chi connectivity index (χ1) is 6.74. The van der Waals surface area contributed by atoms with E-state index in [0.717, 1.165) is 32.1 Å². The van der Waals surface area contributed by atoms with Gasteiger partial charge in [-0.1, -0.05) is 6.92 Å². The second kappa shape index (κ2) is 6.36. The van der Waals surface area contributed by atoms with Crippen LogP contribution in [0, 0.1) is 0 Å². The van der Waals surface area contributed by atoms with Crippen molar-refractivity contribution >= 4 is 33.0 Å². The average molecular weight is 275 g/mol. The number of hydrogen-bond donors (Lipinski definition) is 0. The van der Waals surface area contributed by atoms with Crippen LogP contribution in [0.3, 0.4) is 0 Å². The van der Waals surface area contributed by atoms with E-state index >= 15 is 0 Å². The maximum Gasteiger partial charge on any atom is 0.132 e. The van der Waals surface area contributed by atoms with Crippen LogP contribution in [0.4, 0.5) is 0 Å². The minimum absolute atomic E-state index is 0.403. The fraction of sp³-hybridized carbons (Fsp3) is 0.545. The number of thiophene rings is 1. The molecule has 0 bridgehead atoms. The van der Waals surface area contributed by atoms with E-state index < -0.39 is 0 Å². The first-order valence-corrected chi connectivity index (χ1v) is 6.65. The topological polar surface area (TPSA) is 17.1 Å². The predicted molar refractivity (Wildman–Crippen MR) is 64.9 cm³/mol. The smallest absolute Gasteiger partial charge is 0.132 e. The highest BCUT2D eigenvalue weighted by Crippen LogP contribution is 2.24. The lowest BCUT2D eigenvalue weighted by Gasteiger charge is -1.99. The molecule has 1 aromatic heterocycles. The molecule has 0 fully saturated rings. The Balaban J connectivity index is 2.22. The van der Waals surface area contributed by atoms with Crippen molar-refractivity contribution in [3.05, 3.63) is 20.8 Å². The number of hydrogen-bond acceptors (Lipinski definition) is 2. The molecule has 0 aliphatic carbocycles. The Morgan fingerprint density at radius 2 is 2.29 bits per heavy atom.